The summed E-state index contributed by atoms with van der Waals surface area (Å²) in [6.07, 6.45) is 0. The summed E-state index contributed by atoms with van der Waals surface area (Å²) >= 11 is 0. The van der Waals surface area contributed by atoms with Gasteiger partial charge in [-0.05, 0) is 0 Å². The van der Waals surface area contributed by atoms with E-state index in [9.17, 15) is 0 Å². The molecule has 1 radical (unpaired) electrons. The van der Waals surface area contributed by atoms with Gasteiger partial charge in [-0.1, -0.05) is 0 Å². The van der Waals surface area contributed by atoms with Crippen LogP contribution in [0.15, 0.2) is 0 Å². The SMILES string of the molecule is [F-].[F-].[F-].[F-].[F-].[V+2]. The molecule has 0 aromatic rings. The third kappa shape index (κ3) is 806. The van der Waals surface area contributed by atoms with Crippen LogP contribution < -0.4 is 23.5 Å². The molecule has 0 amide bonds. The Balaban J connectivity index is 0. The summed E-state index contributed by atoms with van der Waals surface area (Å²) in [5, 5.41) is 0. The van der Waals surface area contributed by atoms with Gasteiger partial charge in [0.25, 0.3) is 0 Å². The normalized spacial score (nSPS) is 0. The summed E-state index contributed by atoms with van der Waals surface area (Å²) in [6, 6.07) is 0. The Kier molecular flexibility index (Phi) is 885000. The van der Waals surface area contributed by atoms with Crippen molar-refractivity contribution in [1.82, 2.24) is 0 Å². The number of hydrogen-bond acceptors (Lipinski definition) is 0. The van der Waals surface area contributed by atoms with Crippen LogP contribution in [0.2, 0.25) is 0 Å². The van der Waals surface area contributed by atoms with Crippen LogP contribution in [0.4, 0.5) is 0 Å². The third-order valence-electron chi connectivity index (χ3n) is 0. The van der Waals surface area contributed by atoms with E-state index in [1.807, 2.05) is 0 Å². The van der Waals surface area contributed by atoms with Gasteiger partial charge in [0.1, 0.15) is 0 Å². The van der Waals surface area contributed by atoms with E-state index in [0.717, 1.165) is 0 Å². The van der Waals surface area contributed by atoms with Crippen molar-refractivity contribution in [3.63, 3.8) is 0 Å². The van der Waals surface area contributed by atoms with Gasteiger partial charge in [0.2, 0.25) is 0 Å². The average Bonchev–Trinajstić information content (AvgIpc) is 0. The van der Waals surface area contributed by atoms with E-state index in [2.05, 4.69) is 0 Å². The van der Waals surface area contributed by atoms with Crippen LogP contribution in [0.1, 0.15) is 0 Å². The molecule has 0 rings (SSSR count). The summed E-state index contributed by atoms with van der Waals surface area (Å²) < 4.78 is 0. The molecule has 0 unspecified atom stereocenters. The van der Waals surface area contributed by atoms with Gasteiger partial charge in [-0.25, -0.2) is 0 Å². The molecule has 0 aromatic carbocycles. The molecule has 6 heavy (non-hydrogen) atoms. The first kappa shape index (κ1) is 3110. The Labute approximate surface area is 43.0 Å². The Hall–Kier alpha value is 0.234. The van der Waals surface area contributed by atoms with Crippen molar-refractivity contribution in [1.29, 1.82) is 0 Å². The fourth-order valence-corrected chi connectivity index (χ4v) is 0. The van der Waals surface area contributed by atoms with Gasteiger partial charge in [-0.3, -0.25) is 0 Å². The predicted molar refractivity (Wildman–Crippen MR) is 0 cm³/mol. The second-order valence-electron chi connectivity index (χ2n) is 0. The van der Waals surface area contributed by atoms with Gasteiger partial charge in [-0.2, -0.15) is 0 Å². The summed E-state index contributed by atoms with van der Waals surface area (Å²) in [7, 11) is 0. The zero-order chi connectivity index (χ0) is 0. The van der Waals surface area contributed by atoms with E-state index in [4.69, 9.17) is 0 Å². The largest absolute Gasteiger partial charge is 2.00 e. The van der Waals surface area contributed by atoms with E-state index in [1.165, 1.54) is 0 Å². The first-order chi connectivity index (χ1) is 0. The van der Waals surface area contributed by atoms with E-state index in [1.54, 1.807) is 0 Å². The van der Waals surface area contributed by atoms with Crippen molar-refractivity contribution in [2.24, 2.45) is 0 Å². The third-order valence-corrected chi connectivity index (χ3v) is 0. The molecular weight excluding hydrogens is 146 g/mol. The average molecular weight is 146 g/mol. The first-order valence-electron chi connectivity index (χ1n) is 0. The minimum atomic E-state index is 0. The zero-order valence-corrected chi connectivity index (χ0v) is 3.73. The van der Waals surface area contributed by atoms with Crippen LogP contribution >= 0.6 is 0 Å². The van der Waals surface area contributed by atoms with Gasteiger partial charge in [-0.15, -0.1) is 0 Å². The summed E-state index contributed by atoms with van der Waals surface area (Å²) in [5.41, 5.74) is 0. The van der Waals surface area contributed by atoms with Gasteiger partial charge in [0, 0.05) is 0 Å². The Morgan fingerprint density at radius 1 is 0.333 bits per heavy atom. The Morgan fingerprint density at radius 2 is 0.333 bits per heavy atom. The number of hydrogen-bond donors (Lipinski definition) is 0. The summed E-state index contributed by atoms with van der Waals surface area (Å²) in [4.78, 5) is 0. The smallest absolute Gasteiger partial charge is 1.00 e. The minimum absolute atomic E-state index is 0. The molecule has 6 heteroatoms. The van der Waals surface area contributed by atoms with E-state index in [0.29, 0.717) is 0 Å². The molecule has 0 fully saturated rings. The fraction of sp³-hybridized carbons (Fsp3) is 0. The second kappa shape index (κ2) is 1710. The molecule has 0 aliphatic heterocycles. The van der Waals surface area contributed by atoms with E-state index in [-0.39, 0.29) is 42.1 Å². The molecule has 0 saturated carbocycles. The van der Waals surface area contributed by atoms with Crippen molar-refractivity contribution in [2.45, 2.75) is 0 Å². The van der Waals surface area contributed by atoms with Crippen molar-refractivity contribution in [3.05, 3.63) is 0 Å². The minimum Gasteiger partial charge on any atom is -1.00 e. The monoisotopic (exact) mass is 146 g/mol. The molecule has 0 bridgehead atoms. The van der Waals surface area contributed by atoms with Crippen LogP contribution in [0.5, 0.6) is 0 Å². The predicted octanol–water partition coefficient (Wildman–Crippen LogP) is -15.0. The summed E-state index contributed by atoms with van der Waals surface area (Å²) in [5.74, 6) is 0. The molecule has 0 aliphatic carbocycles. The Bertz CT molecular complexity index is 3.90. The van der Waals surface area contributed by atoms with E-state index < -0.39 is 0 Å². The molecule has 0 N–H and O–H groups in total. The van der Waals surface area contributed by atoms with E-state index >= 15 is 0 Å². The van der Waals surface area contributed by atoms with Gasteiger partial charge >= 0.3 is 18.6 Å². The van der Waals surface area contributed by atoms with Crippen LogP contribution in [0.3, 0.4) is 0 Å². The van der Waals surface area contributed by atoms with Crippen LogP contribution in [-0.2, 0) is 18.6 Å². The van der Waals surface area contributed by atoms with Crippen molar-refractivity contribution < 1.29 is 42.1 Å². The van der Waals surface area contributed by atoms with Crippen LogP contribution in [0.25, 0.3) is 0 Å². The standard InChI is InChI=1S/5FH.V/h5*1H;/q;;;;;+2/p-5. The molecule has 0 aromatic heterocycles. The zero-order valence-electron chi connectivity index (χ0n) is 2.34. The maximum Gasteiger partial charge on any atom is 2.00 e. The van der Waals surface area contributed by atoms with Crippen molar-refractivity contribution in [3.8, 4) is 0 Å². The number of rotatable bonds is 0. The molecule has 43 valence electrons. The Morgan fingerprint density at radius 3 is 0.333 bits per heavy atom. The maximum atomic E-state index is 0. The second-order valence-corrected chi connectivity index (χ2v) is 0. The molecule has 0 saturated heterocycles. The molecular formula is F5V-3. The van der Waals surface area contributed by atoms with Crippen molar-refractivity contribution >= 4 is 0 Å². The molecule has 0 aliphatic rings. The molecule has 0 heterocycles. The topological polar surface area (TPSA) is 0 Å². The van der Waals surface area contributed by atoms with Gasteiger partial charge in [0.15, 0.2) is 0 Å². The number of halogens is 5. The first-order valence-corrected chi connectivity index (χ1v) is 0. The maximum absolute atomic E-state index is 0. The molecule has 0 atom stereocenters. The van der Waals surface area contributed by atoms with Crippen molar-refractivity contribution in [2.75, 3.05) is 0 Å². The quantitative estimate of drug-likeness (QED) is 0.298. The van der Waals surface area contributed by atoms with Gasteiger partial charge in [0.05, 0.1) is 0 Å². The van der Waals surface area contributed by atoms with Crippen LogP contribution in [-0.4, -0.2) is 0 Å². The fourth-order valence-electron chi connectivity index (χ4n) is 0. The van der Waals surface area contributed by atoms with Crippen LogP contribution in [0, 0.1) is 0 Å². The molecule has 0 spiro atoms. The van der Waals surface area contributed by atoms with Gasteiger partial charge < -0.3 is 23.5 Å². The summed E-state index contributed by atoms with van der Waals surface area (Å²) in [6.45, 7) is 0. The molecule has 0 nitrogen and oxygen atoms in total.